The van der Waals surface area contributed by atoms with Gasteiger partial charge < -0.3 is 10.6 Å². The quantitative estimate of drug-likeness (QED) is 0.885. The zero-order chi connectivity index (χ0) is 13.9. The van der Waals surface area contributed by atoms with Crippen LogP contribution >= 0.6 is 0 Å². The van der Waals surface area contributed by atoms with E-state index in [-0.39, 0.29) is 11.6 Å². The second-order valence-electron chi connectivity index (χ2n) is 5.03. The predicted molar refractivity (Wildman–Crippen MR) is 69.8 cm³/mol. The summed E-state index contributed by atoms with van der Waals surface area (Å²) in [4.78, 5) is 12.3. The molecule has 0 radical (unpaired) electrons. The number of carbonyl (C=O) groups excluding carboxylic acids is 1. The van der Waals surface area contributed by atoms with Gasteiger partial charge in [0, 0.05) is 18.3 Å². The topological polar surface area (TPSA) is 41.1 Å². The average Bonchev–Trinajstić information content (AvgIpc) is 2.38. The highest BCUT2D eigenvalue weighted by Gasteiger charge is 2.37. The van der Waals surface area contributed by atoms with E-state index in [0.717, 1.165) is 37.6 Å². The summed E-state index contributed by atoms with van der Waals surface area (Å²) in [5.74, 6) is -1.56. The van der Waals surface area contributed by atoms with Crippen molar-refractivity contribution in [2.24, 2.45) is 5.41 Å². The van der Waals surface area contributed by atoms with Crippen molar-refractivity contribution >= 4 is 11.6 Å². The van der Waals surface area contributed by atoms with Gasteiger partial charge in [0.25, 0.3) is 0 Å². The van der Waals surface area contributed by atoms with Gasteiger partial charge in [0.15, 0.2) is 0 Å². The van der Waals surface area contributed by atoms with Crippen molar-refractivity contribution < 1.29 is 13.6 Å². The van der Waals surface area contributed by atoms with Gasteiger partial charge in [-0.15, -0.1) is 0 Å². The monoisotopic (exact) mass is 268 g/mol. The van der Waals surface area contributed by atoms with E-state index in [4.69, 9.17) is 0 Å². The Morgan fingerprint density at radius 2 is 2.05 bits per heavy atom. The summed E-state index contributed by atoms with van der Waals surface area (Å²) in [5, 5.41) is 5.83. The Morgan fingerprint density at radius 3 is 2.58 bits per heavy atom. The molecular formula is C14H18F2N2O. The van der Waals surface area contributed by atoms with Gasteiger partial charge in [-0.25, -0.2) is 8.78 Å². The predicted octanol–water partition coefficient (Wildman–Crippen LogP) is 2.68. The number of carbonyl (C=O) groups is 1. The van der Waals surface area contributed by atoms with Crippen LogP contribution < -0.4 is 10.6 Å². The lowest BCUT2D eigenvalue weighted by Crippen LogP contribution is -2.47. The Morgan fingerprint density at radius 1 is 1.37 bits per heavy atom. The van der Waals surface area contributed by atoms with E-state index in [1.54, 1.807) is 0 Å². The average molecular weight is 268 g/mol. The summed E-state index contributed by atoms with van der Waals surface area (Å²) < 4.78 is 26.2. The third-order valence-corrected chi connectivity index (χ3v) is 3.75. The minimum atomic E-state index is -0.692. The number of piperidine rings is 1. The molecule has 0 saturated carbocycles. The molecule has 0 spiro atoms. The molecule has 104 valence electrons. The van der Waals surface area contributed by atoms with Gasteiger partial charge >= 0.3 is 0 Å². The first-order valence-electron chi connectivity index (χ1n) is 6.54. The number of anilines is 1. The van der Waals surface area contributed by atoms with E-state index < -0.39 is 17.0 Å². The van der Waals surface area contributed by atoms with Crippen molar-refractivity contribution in [3.63, 3.8) is 0 Å². The van der Waals surface area contributed by atoms with Crippen LogP contribution in [0.5, 0.6) is 0 Å². The van der Waals surface area contributed by atoms with E-state index in [1.807, 2.05) is 6.92 Å². The van der Waals surface area contributed by atoms with Gasteiger partial charge in [-0.3, -0.25) is 4.79 Å². The molecule has 1 aliphatic rings. The van der Waals surface area contributed by atoms with Crippen molar-refractivity contribution in [1.82, 2.24) is 5.32 Å². The highest BCUT2D eigenvalue weighted by atomic mass is 19.1. The number of hydrogen-bond donors (Lipinski definition) is 2. The molecule has 1 fully saturated rings. The molecule has 1 aromatic carbocycles. The largest absolute Gasteiger partial charge is 0.325 e. The van der Waals surface area contributed by atoms with Crippen LogP contribution in [0.2, 0.25) is 0 Å². The Bertz CT molecular complexity index is 450. The lowest BCUT2D eigenvalue weighted by atomic mass is 9.77. The first-order valence-corrected chi connectivity index (χ1v) is 6.54. The number of amides is 1. The second kappa shape index (κ2) is 5.65. The number of rotatable bonds is 3. The summed E-state index contributed by atoms with van der Waals surface area (Å²) in [5.41, 5.74) is -0.318. The van der Waals surface area contributed by atoms with Crippen molar-refractivity contribution in [3.05, 3.63) is 29.8 Å². The molecule has 19 heavy (non-hydrogen) atoms. The zero-order valence-electron chi connectivity index (χ0n) is 10.9. The summed E-state index contributed by atoms with van der Waals surface area (Å²) in [7, 11) is 0. The molecule has 2 rings (SSSR count). The lowest BCUT2D eigenvalue weighted by molar-refractivity contribution is -0.126. The van der Waals surface area contributed by atoms with Crippen molar-refractivity contribution in [3.8, 4) is 0 Å². The van der Waals surface area contributed by atoms with E-state index >= 15 is 0 Å². The van der Waals surface area contributed by atoms with Crippen LogP contribution in [-0.4, -0.2) is 19.0 Å². The maximum absolute atomic E-state index is 13.1. The van der Waals surface area contributed by atoms with Crippen LogP contribution in [0.1, 0.15) is 26.2 Å². The summed E-state index contributed by atoms with van der Waals surface area (Å²) in [6.07, 6.45) is 2.42. The lowest BCUT2D eigenvalue weighted by Gasteiger charge is -2.35. The third kappa shape index (κ3) is 3.10. The number of nitrogens with one attached hydrogen (secondary N) is 2. The maximum atomic E-state index is 13.1. The van der Waals surface area contributed by atoms with Crippen LogP contribution in [-0.2, 0) is 4.79 Å². The van der Waals surface area contributed by atoms with Crippen LogP contribution in [0.3, 0.4) is 0 Å². The first kappa shape index (κ1) is 13.9. The van der Waals surface area contributed by atoms with Crippen LogP contribution in [0.15, 0.2) is 18.2 Å². The third-order valence-electron chi connectivity index (χ3n) is 3.75. The molecule has 1 saturated heterocycles. The molecule has 1 aliphatic heterocycles. The van der Waals surface area contributed by atoms with E-state index in [1.165, 1.54) is 0 Å². The second-order valence-corrected chi connectivity index (χ2v) is 5.03. The molecule has 1 unspecified atom stereocenters. The van der Waals surface area contributed by atoms with Gasteiger partial charge in [-0.05, 0) is 37.9 Å². The molecule has 2 N–H and O–H groups in total. The fourth-order valence-electron chi connectivity index (χ4n) is 2.51. The fourth-order valence-corrected chi connectivity index (χ4v) is 2.51. The minimum Gasteiger partial charge on any atom is -0.325 e. The maximum Gasteiger partial charge on any atom is 0.231 e. The van der Waals surface area contributed by atoms with Gasteiger partial charge in [0.2, 0.25) is 5.91 Å². The summed E-state index contributed by atoms with van der Waals surface area (Å²) in [6, 6.07) is 3.04. The zero-order valence-corrected chi connectivity index (χ0v) is 10.9. The standard InChI is InChI=1S/C14H18F2N2O/c1-2-14(4-3-5-17-9-14)13(19)18-12-7-10(15)6-11(16)8-12/h6-8,17H,2-5,9H2,1H3,(H,18,19). The smallest absolute Gasteiger partial charge is 0.231 e. The summed E-state index contributed by atoms with van der Waals surface area (Å²) in [6.45, 7) is 3.47. The van der Waals surface area contributed by atoms with Gasteiger partial charge in [0.05, 0.1) is 5.41 Å². The molecule has 0 aliphatic carbocycles. The van der Waals surface area contributed by atoms with E-state index in [0.29, 0.717) is 13.0 Å². The van der Waals surface area contributed by atoms with Crippen LogP contribution in [0.4, 0.5) is 14.5 Å². The SMILES string of the molecule is CCC1(C(=O)Nc2cc(F)cc(F)c2)CCCNC1. The Labute approximate surface area is 111 Å². The molecule has 0 aromatic heterocycles. The normalized spacial score (nSPS) is 23.1. The molecule has 1 atom stereocenters. The number of benzene rings is 1. The highest BCUT2D eigenvalue weighted by Crippen LogP contribution is 2.31. The Hall–Kier alpha value is -1.49. The Balaban J connectivity index is 2.14. The van der Waals surface area contributed by atoms with E-state index in [2.05, 4.69) is 10.6 Å². The molecule has 5 heteroatoms. The number of hydrogen-bond acceptors (Lipinski definition) is 2. The van der Waals surface area contributed by atoms with Crippen molar-refractivity contribution in [2.75, 3.05) is 18.4 Å². The van der Waals surface area contributed by atoms with Crippen LogP contribution in [0.25, 0.3) is 0 Å². The Kier molecular flexibility index (Phi) is 4.14. The summed E-state index contributed by atoms with van der Waals surface area (Å²) >= 11 is 0. The molecule has 1 heterocycles. The fraction of sp³-hybridized carbons (Fsp3) is 0.500. The molecular weight excluding hydrogens is 250 g/mol. The minimum absolute atomic E-state index is 0.167. The van der Waals surface area contributed by atoms with Gasteiger partial charge in [0.1, 0.15) is 11.6 Å². The van der Waals surface area contributed by atoms with Gasteiger partial charge in [-0.1, -0.05) is 6.92 Å². The van der Waals surface area contributed by atoms with E-state index in [9.17, 15) is 13.6 Å². The molecule has 1 amide bonds. The first-order chi connectivity index (χ1) is 9.05. The molecule has 1 aromatic rings. The van der Waals surface area contributed by atoms with Gasteiger partial charge in [-0.2, -0.15) is 0 Å². The van der Waals surface area contributed by atoms with Crippen molar-refractivity contribution in [2.45, 2.75) is 26.2 Å². The number of halogens is 2. The van der Waals surface area contributed by atoms with Crippen LogP contribution in [0, 0.1) is 17.0 Å². The highest BCUT2D eigenvalue weighted by molar-refractivity contribution is 5.95. The molecule has 3 nitrogen and oxygen atoms in total. The molecule has 0 bridgehead atoms. The van der Waals surface area contributed by atoms with Crippen molar-refractivity contribution in [1.29, 1.82) is 0 Å².